The summed E-state index contributed by atoms with van der Waals surface area (Å²) in [6.45, 7) is 4.16. The van der Waals surface area contributed by atoms with E-state index in [0.29, 0.717) is 22.4 Å². The number of thiazole rings is 1. The van der Waals surface area contributed by atoms with Gasteiger partial charge in [0.05, 0.1) is 15.9 Å². The van der Waals surface area contributed by atoms with Crippen LogP contribution in [0.3, 0.4) is 0 Å². The predicted molar refractivity (Wildman–Crippen MR) is 77.5 cm³/mol. The monoisotopic (exact) mass is 342 g/mol. The van der Waals surface area contributed by atoms with Crippen molar-refractivity contribution in [1.29, 1.82) is 0 Å². The van der Waals surface area contributed by atoms with Gasteiger partial charge in [0, 0.05) is 16.6 Å². The van der Waals surface area contributed by atoms with Crippen molar-refractivity contribution in [2.75, 3.05) is 5.32 Å². The van der Waals surface area contributed by atoms with E-state index in [1.54, 1.807) is 18.3 Å². The molecule has 6 nitrogen and oxygen atoms in total. The van der Waals surface area contributed by atoms with E-state index in [9.17, 15) is 10.1 Å². The van der Waals surface area contributed by atoms with Crippen LogP contribution in [0.2, 0.25) is 0 Å². The number of hydrogen-bond donors (Lipinski definition) is 1. The van der Waals surface area contributed by atoms with Gasteiger partial charge in [0.1, 0.15) is 17.0 Å². The lowest BCUT2D eigenvalue weighted by atomic mass is 10.2. The first-order valence-electron chi connectivity index (χ1n) is 5.43. The van der Waals surface area contributed by atoms with Gasteiger partial charge in [-0.3, -0.25) is 10.1 Å². The molecule has 8 heteroatoms. The summed E-state index contributed by atoms with van der Waals surface area (Å²) in [6.07, 6.45) is 1.26. The van der Waals surface area contributed by atoms with Crippen molar-refractivity contribution in [3.63, 3.8) is 0 Å². The molecule has 2 heterocycles. The van der Waals surface area contributed by atoms with Gasteiger partial charge in [0.25, 0.3) is 5.69 Å². The van der Waals surface area contributed by atoms with E-state index in [1.165, 1.54) is 6.20 Å². The number of aryl methyl sites for hydroxylation is 1. The van der Waals surface area contributed by atoms with Gasteiger partial charge in [-0.2, -0.15) is 0 Å². The number of halogens is 1. The second-order valence-corrected chi connectivity index (χ2v) is 5.66. The highest BCUT2D eigenvalue weighted by Gasteiger charge is 2.17. The Labute approximate surface area is 122 Å². The molecule has 1 N–H and O–H groups in total. The summed E-state index contributed by atoms with van der Waals surface area (Å²) in [5.41, 5.74) is 1.54. The summed E-state index contributed by atoms with van der Waals surface area (Å²) in [6, 6.07) is 0. The summed E-state index contributed by atoms with van der Waals surface area (Å²) >= 11 is 4.89. The topological polar surface area (TPSA) is 81.0 Å². The molecule has 2 rings (SSSR count). The van der Waals surface area contributed by atoms with Crippen LogP contribution in [-0.4, -0.2) is 14.9 Å². The SMILES string of the molecule is Cc1csc(CNc2ncc([N+](=O)[O-])c(C)c2Br)n1. The first-order valence-corrected chi connectivity index (χ1v) is 7.10. The van der Waals surface area contributed by atoms with Crippen molar-refractivity contribution in [3.05, 3.63) is 42.4 Å². The lowest BCUT2D eigenvalue weighted by Gasteiger charge is -2.08. The molecule has 19 heavy (non-hydrogen) atoms. The smallest absolute Gasteiger partial charge is 0.291 e. The molecule has 0 spiro atoms. The molecule has 0 radical (unpaired) electrons. The standard InChI is InChI=1S/C11H11BrN4O2S/c1-6-5-19-9(15-6)4-14-11-10(12)7(2)8(3-13-11)16(17)18/h3,5H,4H2,1-2H3,(H,13,14). The summed E-state index contributed by atoms with van der Waals surface area (Å²) in [4.78, 5) is 18.7. The molecule has 100 valence electrons. The molecule has 2 aromatic rings. The summed E-state index contributed by atoms with van der Waals surface area (Å²) in [5, 5.41) is 16.8. The van der Waals surface area contributed by atoms with Gasteiger partial charge in [0.15, 0.2) is 0 Å². The van der Waals surface area contributed by atoms with Crippen molar-refractivity contribution in [2.24, 2.45) is 0 Å². The van der Waals surface area contributed by atoms with E-state index in [-0.39, 0.29) is 5.69 Å². The second-order valence-electron chi connectivity index (χ2n) is 3.92. The van der Waals surface area contributed by atoms with Crippen LogP contribution >= 0.6 is 27.3 Å². The van der Waals surface area contributed by atoms with Gasteiger partial charge in [-0.25, -0.2) is 9.97 Å². The minimum Gasteiger partial charge on any atom is -0.363 e. The number of rotatable bonds is 4. The van der Waals surface area contributed by atoms with Gasteiger partial charge in [-0.1, -0.05) is 0 Å². The van der Waals surface area contributed by atoms with Crippen molar-refractivity contribution >= 4 is 38.8 Å². The Morgan fingerprint density at radius 2 is 2.26 bits per heavy atom. The van der Waals surface area contributed by atoms with Crippen LogP contribution in [0.4, 0.5) is 11.5 Å². The average Bonchev–Trinajstić information content (AvgIpc) is 2.76. The lowest BCUT2D eigenvalue weighted by Crippen LogP contribution is -2.04. The fourth-order valence-electron chi connectivity index (χ4n) is 1.52. The van der Waals surface area contributed by atoms with Gasteiger partial charge in [-0.15, -0.1) is 11.3 Å². The molecule has 0 aliphatic carbocycles. The number of nitro groups is 1. The zero-order chi connectivity index (χ0) is 14.0. The largest absolute Gasteiger partial charge is 0.363 e. The quantitative estimate of drug-likeness (QED) is 0.679. The third-order valence-electron chi connectivity index (χ3n) is 2.51. The first kappa shape index (κ1) is 13.9. The summed E-state index contributed by atoms with van der Waals surface area (Å²) < 4.78 is 0.606. The highest BCUT2D eigenvalue weighted by Crippen LogP contribution is 2.30. The van der Waals surface area contributed by atoms with Crippen LogP contribution in [0.5, 0.6) is 0 Å². The third kappa shape index (κ3) is 3.07. The Morgan fingerprint density at radius 3 is 2.84 bits per heavy atom. The highest BCUT2D eigenvalue weighted by atomic mass is 79.9. The fourth-order valence-corrected chi connectivity index (χ4v) is 2.68. The average molecular weight is 343 g/mol. The Balaban J connectivity index is 2.17. The van der Waals surface area contributed by atoms with Crippen molar-refractivity contribution in [3.8, 4) is 0 Å². The van der Waals surface area contributed by atoms with Crippen LogP contribution in [0.1, 0.15) is 16.3 Å². The van der Waals surface area contributed by atoms with Gasteiger partial charge in [-0.05, 0) is 29.8 Å². The molecule has 0 saturated heterocycles. The number of pyridine rings is 1. The van der Waals surface area contributed by atoms with E-state index in [4.69, 9.17) is 0 Å². The lowest BCUT2D eigenvalue weighted by molar-refractivity contribution is -0.385. The Hall–Kier alpha value is -1.54. The van der Waals surface area contributed by atoms with Crippen LogP contribution in [0, 0.1) is 24.0 Å². The number of aromatic nitrogens is 2. The third-order valence-corrected chi connectivity index (χ3v) is 4.44. The molecule has 0 fully saturated rings. The van der Waals surface area contributed by atoms with E-state index in [1.807, 2.05) is 12.3 Å². The maximum atomic E-state index is 10.8. The second kappa shape index (κ2) is 5.62. The normalized spacial score (nSPS) is 10.5. The fraction of sp³-hybridized carbons (Fsp3) is 0.273. The maximum Gasteiger partial charge on any atom is 0.291 e. The predicted octanol–water partition coefficient (Wildman–Crippen LogP) is 3.44. The molecule has 0 bridgehead atoms. The minimum atomic E-state index is -0.443. The molecule has 0 aliphatic rings. The van der Waals surface area contributed by atoms with E-state index in [2.05, 4.69) is 31.2 Å². The van der Waals surface area contributed by atoms with Gasteiger partial charge in [0.2, 0.25) is 0 Å². The molecule has 0 aliphatic heterocycles. The number of nitrogens with zero attached hydrogens (tertiary/aromatic N) is 3. The molecule has 0 saturated carbocycles. The Kier molecular flexibility index (Phi) is 4.11. The van der Waals surface area contributed by atoms with E-state index in [0.717, 1.165) is 10.7 Å². The van der Waals surface area contributed by atoms with E-state index < -0.39 is 4.92 Å². The van der Waals surface area contributed by atoms with Crippen LogP contribution < -0.4 is 5.32 Å². The zero-order valence-corrected chi connectivity index (χ0v) is 12.7. The van der Waals surface area contributed by atoms with E-state index >= 15 is 0 Å². The van der Waals surface area contributed by atoms with Crippen molar-refractivity contribution in [1.82, 2.24) is 9.97 Å². The zero-order valence-electron chi connectivity index (χ0n) is 10.3. The Bertz CT molecular complexity index is 629. The van der Waals surface area contributed by atoms with Crippen LogP contribution in [0.15, 0.2) is 16.0 Å². The number of anilines is 1. The molecular weight excluding hydrogens is 332 g/mol. The number of nitrogens with one attached hydrogen (secondary N) is 1. The molecule has 2 aromatic heterocycles. The van der Waals surface area contributed by atoms with Gasteiger partial charge >= 0.3 is 0 Å². The summed E-state index contributed by atoms with van der Waals surface area (Å²) in [5.74, 6) is 0.580. The Morgan fingerprint density at radius 1 is 1.53 bits per heavy atom. The molecule has 0 unspecified atom stereocenters. The van der Waals surface area contributed by atoms with Crippen LogP contribution in [0.25, 0.3) is 0 Å². The molecule has 0 aromatic carbocycles. The van der Waals surface area contributed by atoms with Crippen molar-refractivity contribution in [2.45, 2.75) is 20.4 Å². The molecule has 0 amide bonds. The van der Waals surface area contributed by atoms with Crippen LogP contribution in [-0.2, 0) is 6.54 Å². The minimum absolute atomic E-state index is 0.00233. The molecule has 0 atom stereocenters. The highest BCUT2D eigenvalue weighted by molar-refractivity contribution is 9.10. The molecular formula is C11H11BrN4O2S. The maximum absolute atomic E-state index is 10.8. The summed E-state index contributed by atoms with van der Waals surface area (Å²) in [7, 11) is 0. The van der Waals surface area contributed by atoms with Crippen molar-refractivity contribution < 1.29 is 4.92 Å². The first-order chi connectivity index (χ1) is 8.99. The van der Waals surface area contributed by atoms with Gasteiger partial charge < -0.3 is 5.32 Å². The number of hydrogen-bond acceptors (Lipinski definition) is 6.